The summed E-state index contributed by atoms with van der Waals surface area (Å²) in [5.41, 5.74) is 5.32. The van der Waals surface area contributed by atoms with Crippen molar-refractivity contribution in [3.8, 4) is 5.75 Å². The van der Waals surface area contributed by atoms with Crippen LogP contribution in [0.25, 0.3) is 0 Å². The average molecular weight is 250 g/mol. The predicted molar refractivity (Wildman–Crippen MR) is 49.8 cm³/mol. The number of hydrogen-bond acceptors (Lipinski definition) is 3. The Morgan fingerprint density at radius 1 is 1.54 bits per heavy atom. The van der Waals surface area contributed by atoms with E-state index in [-0.39, 0.29) is 11.3 Å². The van der Waals surface area contributed by atoms with E-state index in [9.17, 15) is 9.50 Å². The molecule has 72 valence electrons. The second kappa shape index (κ2) is 4.04. The number of nitrogens with two attached hydrogens (primary N) is 1. The highest BCUT2D eigenvalue weighted by molar-refractivity contribution is 9.10. The summed E-state index contributed by atoms with van der Waals surface area (Å²) in [6.07, 6.45) is 0. The Balaban J connectivity index is 3.25. The van der Waals surface area contributed by atoms with E-state index in [4.69, 9.17) is 10.8 Å². The molecule has 0 saturated heterocycles. The molecule has 0 aromatic heterocycles. The number of phenolic OH excluding ortho intramolecular Hbond substituents is 1. The van der Waals surface area contributed by atoms with Crippen LogP contribution in [-0.4, -0.2) is 16.8 Å². The van der Waals surface area contributed by atoms with Crippen molar-refractivity contribution >= 4 is 15.9 Å². The van der Waals surface area contributed by atoms with Gasteiger partial charge < -0.3 is 15.9 Å². The predicted octanol–water partition coefficient (Wildman–Crippen LogP) is 1.29. The fourth-order valence-corrected chi connectivity index (χ4v) is 1.35. The standard InChI is InChI=1S/C8H9BrFNO2/c9-4-1-2-5(10)7(8(4)13)6(11)3-12/h1-2,6,12-13H,3,11H2/t6-/m0/s1. The molecule has 1 rings (SSSR count). The van der Waals surface area contributed by atoms with Gasteiger partial charge in [0.25, 0.3) is 0 Å². The third-order valence-electron chi connectivity index (χ3n) is 1.68. The van der Waals surface area contributed by atoms with Gasteiger partial charge in [0.2, 0.25) is 0 Å². The van der Waals surface area contributed by atoms with Crippen LogP contribution in [0.2, 0.25) is 0 Å². The molecule has 5 heteroatoms. The molecule has 0 saturated carbocycles. The van der Waals surface area contributed by atoms with Crippen LogP contribution in [0.3, 0.4) is 0 Å². The molecule has 0 amide bonds. The minimum atomic E-state index is -0.905. The lowest BCUT2D eigenvalue weighted by Gasteiger charge is -2.12. The van der Waals surface area contributed by atoms with Crippen LogP contribution in [0.15, 0.2) is 16.6 Å². The molecule has 0 fully saturated rings. The van der Waals surface area contributed by atoms with E-state index in [0.717, 1.165) is 0 Å². The summed E-state index contributed by atoms with van der Waals surface area (Å²) in [5, 5.41) is 18.1. The second-order valence-electron chi connectivity index (χ2n) is 2.58. The molecule has 4 N–H and O–H groups in total. The number of aliphatic hydroxyl groups is 1. The van der Waals surface area contributed by atoms with E-state index in [1.807, 2.05) is 0 Å². The van der Waals surface area contributed by atoms with Crippen molar-refractivity contribution in [2.45, 2.75) is 6.04 Å². The van der Waals surface area contributed by atoms with Crippen LogP contribution in [0.1, 0.15) is 11.6 Å². The fourth-order valence-electron chi connectivity index (χ4n) is 1.00. The maximum atomic E-state index is 13.1. The number of rotatable bonds is 2. The monoisotopic (exact) mass is 249 g/mol. The van der Waals surface area contributed by atoms with Crippen molar-refractivity contribution in [3.05, 3.63) is 28.0 Å². The minimum absolute atomic E-state index is 0.0723. The third kappa shape index (κ3) is 1.99. The van der Waals surface area contributed by atoms with E-state index >= 15 is 0 Å². The molecule has 1 aromatic rings. The third-order valence-corrected chi connectivity index (χ3v) is 2.32. The van der Waals surface area contributed by atoms with E-state index in [0.29, 0.717) is 4.47 Å². The zero-order chi connectivity index (χ0) is 10.0. The molecule has 13 heavy (non-hydrogen) atoms. The van der Waals surface area contributed by atoms with E-state index in [1.165, 1.54) is 12.1 Å². The van der Waals surface area contributed by atoms with Crippen molar-refractivity contribution in [1.82, 2.24) is 0 Å². The second-order valence-corrected chi connectivity index (χ2v) is 3.43. The summed E-state index contributed by atoms with van der Waals surface area (Å²) in [5.74, 6) is -0.885. The van der Waals surface area contributed by atoms with Crippen LogP contribution in [0.5, 0.6) is 5.75 Å². The highest BCUT2D eigenvalue weighted by Gasteiger charge is 2.17. The summed E-state index contributed by atoms with van der Waals surface area (Å²) in [6.45, 7) is -0.416. The molecule has 0 unspecified atom stereocenters. The Hall–Kier alpha value is -0.650. The number of aliphatic hydroxyl groups excluding tert-OH is 1. The van der Waals surface area contributed by atoms with Crippen LogP contribution in [-0.2, 0) is 0 Å². The number of benzene rings is 1. The first kappa shape index (κ1) is 10.4. The first-order chi connectivity index (χ1) is 6.07. The normalized spacial score (nSPS) is 12.9. The van der Waals surface area contributed by atoms with Gasteiger partial charge in [-0.15, -0.1) is 0 Å². The minimum Gasteiger partial charge on any atom is -0.506 e. The zero-order valence-electron chi connectivity index (χ0n) is 6.67. The summed E-state index contributed by atoms with van der Waals surface area (Å²) in [7, 11) is 0. The van der Waals surface area contributed by atoms with E-state index in [2.05, 4.69) is 15.9 Å². The van der Waals surface area contributed by atoms with Gasteiger partial charge in [-0.1, -0.05) is 0 Å². The molecule has 1 atom stereocenters. The quantitative estimate of drug-likeness (QED) is 0.740. The van der Waals surface area contributed by atoms with Gasteiger partial charge in [0.15, 0.2) is 0 Å². The lowest BCUT2D eigenvalue weighted by Crippen LogP contribution is -2.16. The molecular formula is C8H9BrFNO2. The van der Waals surface area contributed by atoms with Crippen molar-refractivity contribution in [3.63, 3.8) is 0 Å². The molecule has 1 aromatic carbocycles. The Bertz CT molecular complexity index is 319. The fraction of sp³-hybridized carbons (Fsp3) is 0.250. The summed E-state index contributed by atoms with van der Waals surface area (Å²) in [6, 6.07) is 1.64. The van der Waals surface area contributed by atoms with Crippen molar-refractivity contribution < 1.29 is 14.6 Å². The van der Waals surface area contributed by atoms with Gasteiger partial charge in [-0.05, 0) is 28.1 Å². The number of phenols is 1. The molecule has 0 spiro atoms. The maximum Gasteiger partial charge on any atom is 0.137 e. The van der Waals surface area contributed by atoms with Crippen molar-refractivity contribution in [2.24, 2.45) is 5.73 Å². The topological polar surface area (TPSA) is 66.5 Å². The largest absolute Gasteiger partial charge is 0.506 e. The van der Waals surface area contributed by atoms with Gasteiger partial charge in [0.1, 0.15) is 11.6 Å². The Kier molecular flexibility index (Phi) is 3.24. The molecule has 0 heterocycles. The zero-order valence-corrected chi connectivity index (χ0v) is 8.25. The lowest BCUT2D eigenvalue weighted by molar-refractivity contribution is 0.262. The molecule has 0 aliphatic heterocycles. The maximum absolute atomic E-state index is 13.1. The summed E-state index contributed by atoms with van der Waals surface area (Å²) < 4.78 is 13.5. The van der Waals surface area contributed by atoms with Crippen LogP contribution in [0, 0.1) is 5.82 Å². The summed E-state index contributed by atoms with van der Waals surface area (Å²) in [4.78, 5) is 0. The molecule has 3 nitrogen and oxygen atoms in total. The smallest absolute Gasteiger partial charge is 0.137 e. The highest BCUT2D eigenvalue weighted by atomic mass is 79.9. The molecule has 0 aliphatic carbocycles. The van der Waals surface area contributed by atoms with Crippen LogP contribution in [0.4, 0.5) is 4.39 Å². The first-order valence-corrected chi connectivity index (χ1v) is 4.40. The average Bonchev–Trinajstić information content (AvgIpc) is 2.12. The Morgan fingerprint density at radius 2 is 2.15 bits per heavy atom. The molecular weight excluding hydrogens is 241 g/mol. The number of halogens is 2. The number of hydrogen-bond donors (Lipinski definition) is 3. The molecule has 0 aliphatic rings. The van der Waals surface area contributed by atoms with Crippen molar-refractivity contribution in [2.75, 3.05) is 6.61 Å². The van der Waals surface area contributed by atoms with Gasteiger partial charge >= 0.3 is 0 Å². The Morgan fingerprint density at radius 3 is 2.69 bits per heavy atom. The number of aromatic hydroxyl groups is 1. The van der Waals surface area contributed by atoms with Gasteiger partial charge in [0, 0.05) is 5.56 Å². The van der Waals surface area contributed by atoms with Gasteiger partial charge in [-0.3, -0.25) is 0 Å². The Labute approximate surface area is 83.1 Å². The summed E-state index contributed by atoms with van der Waals surface area (Å²) >= 11 is 3.02. The lowest BCUT2D eigenvalue weighted by atomic mass is 10.1. The first-order valence-electron chi connectivity index (χ1n) is 3.61. The highest BCUT2D eigenvalue weighted by Crippen LogP contribution is 2.32. The molecule has 0 radical (unpaired) electrons. The van der Waals surface area contributed by atoms with E-state index < -0.39 is 18.5 Å². The van der Waals surface area contributed by atoms with Gasteiger partial charge in [-0.2, -0.15) is 0 Å². The van der Waals surface area contributed by atoms with Gasteiger partial charge in [0.05, 0.1) is 17.1 Å². The van der Waals surface area contributed by atoms with Crippen LogP contribution < -0.4 is 5.73 Å². The van der Waals surface area contributed by atoms with E-state index in [1.54, 1.807) is 0 Å². The van der Waals surface area contributed by atoms with Gasteiger partial charge in [-0.25, -0.2) is 4.39 Å². The SMILES string of the molecule is N[C@@H](CO)c1c(F)ccc(Br)c1O. The van der Waals surface area contributed by atoms with Crippen LogP contribution >= 0.6 is 15.9 Å². The molecule has 0 bridgehead atoms. The van der Waals surface area contributed by atoms with Crippen molar-refractivity contribution in [1.29, 1.82) is 0 Å².